The van der Waals surface area contributed by atoms with Gasteiger partial charge in [-0.3, -0.25) is 10.1 Å². The van der Waals surface area contributed by atoms with Crippen molar-refractivity contribution in [3.63, 3.8) is 0 Å². The van der Waals surface area contributed by atoms with E-state index in [1.807, 2.05) is 19.1 Å². The number of carbonyl (C=O) groups excluding carboxylic acids is 1. The molecule has 1 aliphatic heterocycles. The van der Waals surface area contributed by atoms with Gasteiger partial charge in [0.15, 0.2) is 0 Å². The van der Waals surface area contributed by atoms with Crippen LogP contribution in [0.25, 0.3) is 0 Å². The van der Waals surface area contributed by atoms with Crippen molar-refractivity contribution in [1.82, 2.24) is 4.90 Å². The first-order valence-electron chi connectivity index (χ1n) is 7.93. The number of aryl methyl sites for hydroxylation is 1. The van der Waals surface area contributed by atoms with Crippen LogP contribution in [0.1, 0.15) is 23.1 Å². The average molecular weight is 345 g/mol. The molecule has 1 aliphatic rings. The summed E-state index contributed by atoms with van der Waals surface area (Å²) in [6, 6.07) is 7.60. The predicted molar refractivity (Wildman–Crippen MR) is 90.6 cm³/mol. The number of furan rings is 1. The van der Waals surface area contributed by atoms with Crippen molar-refractivity contribution in [1.29, 1.82) is 0 Å². The van der Waals surface area contributed by atoms with E-state index in [1.54, 1.807) is 24.0 Å². The van der Waals surface area contributed by atoms with Crippen molar-refractivity contribution in [3.05, 3.63) is 57.5 Å². The molecule has 2 aromatic rings. The summed E-state index contributed by atoms with van der Waals surface area (Å²) < 4.78 is 11.1. The van der Waals surface area contributed by atoms with Crippen LogP contribution < -0.4 is 5.32 Å². The first-order valence-corrected chi connectivity index (χ1v) is 7.93. The molecule has 1 fully saturated rings. The molecule has 0 unspecified atom stereocenters. The number of ether oxygens (including phenoxy) is 1. The second-order valence-corrected chi connectivity index (χ2v) is 5.87. The number of nitrogens with zero attached hydrogens (tertiary/aromatic N) is 2. The van der Waals surface area contributed by atoms with E-state index in [9.17, 15) is 14.9 Å². The molecule has 8 nitrogen and oxygen atoms in total. The molecular formula is C17H19N3O5. The van der Waals surface area contributed by atoms with Crippen LogP contribution in [-0.4, -0.2) is 35.6 Å². The predicted octanol–water partition coefficient (Wildman–Crippen LogP) is 3.41. The number of carbonyl (C=O) groups is 1. The Morgan fingerprint density at radius 2 is 2.12 bits per heavy atom. The standard InChI is InChI=1S/C17H19N3O5/c1-11-6-7-16(25-11)15-10-24-9-8-19(15)17(21)18-13-4-3-5-14(12(13)2)20(22)23/h3-7,15H,8-10H2,1-2H3,(H,18,21)/t15-/m0/s1. The van der Waals surface area contributed by atoms with Crippen molar-refractivity contribution in [2.24, 2.45) is 0 Å². The Labute approximate surface area is 144 Å². The fraction of sp³-hybridized carbons (Fsp3) is 0.353. The Bertz CT molecular complexity index is 801. The molecule has 1 atom stereocenters. The van der Waals surface area contributed by atoms with Gasteiger partial charge in [0, 0.05) is 12.6 Å². The van der Waals surface area contributed by atoms with Gasteiger partial charge in [0.2, 0.25) is 0 Å². The number of morpholine rings is 1. The molecule has 2 heterocycles. The summed E-state index contributed by atoms with van der Waals surface area (Å²) in [4.78, 5) is 25.0. The monoisotopic (exact) mass is 345 g/mol. The summed E-state index contributed by atoms with van der Waals surface area (Å²) in [5, 5.41) is 13.8. The molecule has 0 aliphatic carbocycles. The Morgan fingerprint density at radius 3 is 2.80 bits per heavy atom. The quantitative estimate of drug-likeness (QED) is 0.679. The van der Waals surface area contributed by atoms with Gasteiger partial charge in [-0.2, -0.15) is 0 Å². The van der Waals surface area contributed by atoms with Gasteiger partial charge in [0.25, 0.3) is 5.69 Å². The highest BCUT2D eigenvalue weighted by molar-refractivity contribution is 5.91. The van der Waals surface area contributed by atoms with Crippen LogP contribution in [0.5, 0.6) is 0 Å². The molecule has 132 valence electrons. The third-order valence-corrected chi connectivity index (χ3v) is 4.22. The van der Waals surface area contributed by atoms with Crippen LogP contribution in [0.2, 0.25) is 0 Å². The number of urea groups is 1. The summed E-state index contributed by atoms with van der Waals surface area (Å²) in [7, 11) is 0. The number of benzene rings is 1. The molecule has 3 rings (SSSR count). The lowest BCUT2D eigenvalue weighted by atomic mass is 10.1. The van der Waals surface area contributed by atoms with Crippen LogP contribution in [-0.2, 0) is 4.74 Å². The van der Waals surface area contributed by atoms with Gasteiger partial charge >= 0.3 is 6.03 Å². The highest BCUT2D eigenvalue weighted by atomic mass is 16.6. The van der Waals surface area contributed by atoms with Crippen LogP contribution in [0.4, 0.5) is 16.2 Å². The fourth-order valence-electron chi connectivity index (χ4n) is 2.86. The van der Waals surface area contributed by atoms with E-state index in [2.05, 4.69) is 5.32 Å². The zero-order valence-corrected chi connectivity index (χ0v) is 14.0. The molecule has 2 amide bonds. The first-order chi connectivity index (χ1) is 12.0. The van der Waals surface area contributed by atoms with Gasteiger partial charge in [-0.25, -0.2) is 4.79 Å². The van der Waals surface area contributed by atoms with Gasteiger partial charge < -0.3 is 19.4 Å². The fourth-order valence-corrected chi connectivity index (χ4v) is 2.86. The maximum Gasteiger partial charge on any atom is 0.322 e. The van der Waals surface area contributed by atoms with E-state index in [1.165, 1.54) is 6.07 Å². The summed E-state index contributed by atoms with van der Waals surface area (Å²) >= 11 is 0. The van der Waals surface area contributed by atoms with Crippen LogP contribution >= 0.6 is 0 Å². The molecule has 0 radical (unpaired) electrons. The Balaban J connectivity index is 1.82. The minimum Gasteiger partial charge on any atom is -0.464 e. The lowest BCUT2D eigenvalue weighted by Gasteiger charge is -2.34. The Hall–Kier alpha value is -2.87. The van der Waals surface area contributed by atoms with Gasteiger partial charge in [0.1, 0.15) is 17.6 Å². The van der Waals surface area contributed by atoms with E-state index in [-0.39, 0.29) is 17.8 Å². The van der Waals surface area contributed by atoms with Gasteiger partial charge in [0.05, 0.1) is 29.4 Å². The number of amides is 2. The third kappa shape index (κ3) is 3.48. The summed E-state index contributed by atoms with van der Waals surface area (Å²) in [5.41, 5.74) is 0.803. The number of nitrogens with one attached hydrogen (secondary N) is 1. The van der Waals surface area contributed by atoms with Crippen LogP contribution in [0.15, 0.2) is 34.7 Å². The van der Waals surface area contributed by atoms with Crippen molar-refractivity contribution in [2.45, 2.75) is 19.9 Å². The maximum absolute atomic E-state index is 12.7. The lowest BCUT2D eigenvalue weighted by molar-refractivity contribution is -0.385. The molecule has 1 aromatic carbocycles. The maximum atomic E-state index is 12.7. The largest absolute Gasteiger partial charge is 0.464 e. The average Bonchev–Trinajstić information content (AvgIpc) is 3.02. The SMILES string of the molecule is Cc1ccc([C@@H]2COCCN2C(=O)Nc2cccc([N+](=O)[O-])c2C)o1. The smallest absolute Gasteiger partial charge is 0.322 e. The van der Waals surface area contributed by atoms with Crippen LogP contribution in [0, 0.1) is 24.0 Å². The summed E-state index contributed by atoms with van der Waals surface area (Å²) in [6.07, 6.45) is 0. The highest BCUT2D eigenvalue weighted by Crippen LogP contribution is 2.29. The number of hydrogen-bond acceptors (Lipinski definition) is 5. The minimum atomic E-state index is -0.464. The Kier molecular flexibility index (Phi) is 4.71. The molecule has 25 heavy (non-hydrogen) atoms. The second-order valence-electron chi connectivity index (χ2n) is 5.87. The van der Waals surface area contributed by atoms with E-state index >= 15 is 0 Å². The number of nitro benzene ring substituents is 1. The van der Waals surface area contributed by atoms with Crippen molar-refractivity contribution < 1.29 is 18.9 Å². The topological polar surface area (TPSA) is 97.8 Å². The van der Waals surface area contributed by atoms with Gasteiger partial charge in [-0.1, -0.05) is 6.07 Å². The van der Waals surface area contributed by atoms with E-state index in [0.717, 1.165) is 5.76 Å². The van der Waals surface area contributed by atoms with E-state index in [4.69, 9.17) is 9.15 Å². The van der Waals surface area contributed by atoms with Gasteiger partial charge in [-0.15, -0.1) is 0 Å². The molecule has 1 aromatic heterocycles. The number of rotatable bonds is 3. The van der Waals surface area contributed by atoms with Gasteiger partial charge in [-0.05, 0) is 32.0 Å². The normalized spacial score (nSPS) is 17.4. The zero-order chi connectivity index (χ0) is 18.0. The van der Waals surface area contributed by atoms with Crippen molar-refractivity contribution >= 4 is 17.4 Å². The molecule has 0 spiro atoms. The number of nitro groups is 1. The Morgan fingerprint density at radius 1 is 1.32 bits per heavy atom. The molecule has 0 saturated carbocycles. The van der Waals surface area contributed by atoms with Crippen molar-refractivity contribution in [3.8, 4) is 0 Å². The molecule has 1 saturated heterocycles. The first kappa shape index (κ1) is 17.0. The third-order valence-electron chi connectivity index (χ3n) is 4.22. The van der Waals surface area contributed by atoms with E-state index in [0.29, 0.717) is 36.8 Å². The summed E-state index contributed by atoms with van der Waals surface area (Å²) in [6.45, 7) is 4.63. The molecular weight excluding hydrogens is 326 g/mol. The summed E-state index contributed by atoms with van der Waals surface area (Å²) in [5.74, 6) is 1.42. The molecule has 1 N–H and O–H groups in total. The van der Waals surface area contributed by atoms with E-state index < -0.39 is 4.92 Å². The number of hydrogen-bond donors (Lipinski definition) is 1. The van der Waals surface area contributed by atoms with Crippen molar-refractivity contribution in [2.75, 3.05) is 25.1 Å². The molecule has 0 bridgehead atoms. The second kappa shape index (κ2) is 6.94. The lowest BCUT2D eigenvalue weighted by Crippen LogP contribution is -2.45. The number of anilines is 1. The highest BCUT2D eigenvalue weighted by Gasteiger charge is 2.31. The zero-order valence-electron chi connectivity index (χ0n) is 14.0. The molecule has 8 heteroatoms. The minimum absolute atomic E-state index is 0.0296. The van der Waals surface area contributed by atoms with Crippen LogP contribution in [0.3, 0.4) is 0 Å².